The number of carbonyl (C=O) groups excluding carboxylic acids is 1. The van der Waals surface area contributed by atoms with Gasteiger partial charge in [0.1, 0.15) is 5.82 Å². The van der Waals surface area contributed by atoms with Crippen molar-refractivity contribution in [3.63, 3.8) is 0 Å². The van der Waals surface area contributed by atoms with E-state index in [9.17, 15) is 18.0 Å². The van der Waals surface area contributed by atoms with E-state index >= 15 is 0 Å². The number of allylic oxidation sites excluding steroid dienone is 2. The van der Waals surface area contributed by atoms with Crippen LogP contribution in [0.2, 0.25) is 0 Å². The molecule has 1 aromatic heterocycles. The van der Waals surface area contributed by atoms with Crippen molar-refractivity contribution in [2.45, 2.75) is 6.18 Å². The van der Waals surface area contributed by atoms with Gasteiger partial charge in [0.15, 0.2) is 0 Å². The summed E-state index contributed by atoms with van der Waals surface area (Å²) in [5.74, 6) is -1.57. The van der Waals surface area contributed by atoms with Gasteiger partial charge in [-0.1, -0.05) is 6.07 Å². The number of nitrogens with zero attached hydrogens (tertiary/aromatic N) is 1. The molecule has 20 heavy (non-hydrogen) atoms. The van der Waals surface area contributed by atoms with Crippen molar-refractivity contribution in [2.24, 2.45) is 0 Å². The van der Waals surface area contributed by atoms with Crippen molar-refractivity contribution in [3.05, 3.63) is 48.4 Å². The minimum atomic E-state index is -4.89. The van der Waals surface area contributed by atoms with E-state index in [1.165, 1.54) is 12.3 Å². The first-order valence-electron chi connectivity index (χ1n) is 5.78. The predicted molar refractivity (Wildman–Crippen MR) is 69.0 cm³/mol. The standard InChI is InChI=1S/C13H14F3N3O/c1-19(2)8-6-10(9-11(20)13(14,15)16)18-12-5-3-4-7-17-12/h3-9H,1-2H3,(H,17,18)/p+1/b8-6+,10-9?. The molecule has 7 heteroatoms. The molecular formula is C13H15F3N3O+. The molecule has 0 unspecified atom stereocenters. The van der Waals surface area contributed by atoms with Crippen LogP contribution in [0.4, 0.5) is 19.0 Å². The van der Waals surface area contributed by atoms with Crippen LogP contribution < -0.4 is 10.2 Å². The lowest BCUT2D eigenvalue weighted by Crippen LogP contribution is -3.00. The number of alkyl halides is 3. The van der Waals surface area contributed by atoms with Crippen LogP contribution >= 0.6 is 0 Å². The molecule has 108 valence electrons. The molecule has 1 rings (SSSR count). The van der Waals surface area contributed by atoms with Crippen molar-refractivity contribution in [1.29, 1.82) is 0 Å². The molecular weight excluding hydrogens is 271 g/mol. The Bertz CT molecular complexity index is 507. The van der Waals surface area contributed by atoms with Crippen LogP contribution in [0.15, 0.2) is 48.4 Å². The Hall–Kier alpha value is -2.15. The first kappa shape index (κ1) is 15.9. The number of aromatic nitrogens is 1. The fourth-order valence-electron chi connectivity index (χ4n) is 1.19. The van der Waals surface area contributed by atoms with E-state index < -0.39 is 12.0 Å². The van der Waals surface area contributed by atoms with E-state index in [0.717, 1.165) is 4.90 Å². The van der Waals surface area contributed by atoms with Gasteiger partial charge in [-0.05, 0) is 12.1 Å². The molecule has 2 N–H and O–H groups in total. The lowest BCUT2D eigenvalue weighted by molar-refractivity contribution is -0.801. The molecule has 0 saturated heterocycles. The highest BCUT2D eigenvalue weighted by Gasteiger charge is 2.36. The van der Waals surface area contributed by atoms with Crippen LogP contribution in [0.25, 0.3) is 0 Å². The van der Waals surface area contributed by atoms with Crippen molar-refractivity contribution in [3.8, 4) is 0 Å². The Morgan fingerprint density at radius 3 is 2.55 bits per heavy atom. The summed E-state index contributed by atoms with van der Waals surface area (Å²) < 4.78 is 36.8. The van der Waals surface area contributed by atoms with E-state index in [1.54, 1.807) is 38.5 Å². The van der Waals surface area contributed by atoms with Crippen molar-refractivity contribution in [2.75, 3.05) is 19.4 Å². The summed E-state index contributed by atoms with van der Waals surface area (Å²) in [7, 11) is 3.58. The smallest absolute Gasteiger partial charge is 0.340 e. The number of pyridine rings is 1. The number of rotatable bonds is 5. The Morgan fingerprint density at radius 2 is 2.05 bits per heavy atom. The van der Waals surface area contributed by atoms with Crippen molar-refractivity contribution in [1.82, 2.24) is 4.98 Å². The average molecular weight is 286 g/mol. The Labute approximate surface area is 114 Å². The first-order valence-corrected chi connectivity index (χ1v) is 5.78. The fourth-order valence-corrected chi connectivity index (χ4v) is 1.19. The number of anilines is 1. The second kappa shape index (κ2) is 6.85. The van der Waals surface area contributed by atoms with E-state index in [2.05, 4.69) is 10.3 Å². The molecule has 0 fully saturated rings. The van der Waals surface area contributed by atoms with Gasteiger partial charge in [0.25, 0.3) is 5.78 Å². The summed E-state index contributed by atoms with van der Waals surface area (Å²) in [6.45, 7) is 0. The molecule has 0 spiro atoms. The van der Waals surface area contributed by atoms with E-state index in [-0.39, 0.29) is 5.70 Å². The van der Waals surface area contributed by atoms with Gasteiger partial charge in [0.2, 0.25) is 0 Å². The van der Waals surface area contributed by atoms with Gasteiger partial charge in [-0.3, -0.25) is 4.79 Å². The second-order valence-corrected chi connectivity index (χ2v) is 4.21. The molecule has 0 bridgehead atoms. The van der Waals surface area contributed by atoms with Crippen LogP contribution in [0.1, 0.15) is 0 Å². The van der Waals surface area contributed by atoms with Gasteiger partial charge in [0.05, 0.1) is 20.3 Å². The van der Waals surface area contributed by atoms with Gasteiger partial charge in [-0.15, -0.1) is 0 Å². The number of halogens is 3. The van der Waals surface area contributed by atoms with E-state index in [1.807, 2.05) is 0 Å². The zero-order chi connectivity index (χ0) is 15.2. The summed E-state index contributed by atoms with van der Waals surface area (Å²) in [5, 5.41) is 2.67. The highest BCUT2D eigenvalue weighted by molar-refractivity contribution is 5.95. The molecule has 0 radical (unpaired) electrons. The van der Waals surface area contributed by atoms with Gasteiger partial charge < -0.3 is 10.2 Å². The Balaban J connectivity index is 2.97. The Morgan fingerprint density at radius 1 is 1.35 bits per heavy atom. The third-order valence-electron chi connectivity index (χ3n) is 2.10. The minimum absolute atomic E-state index is 0.0206. The van der Waals surface area contributed by atoms with Crippen LogP contribution in [-0.2, 0) is 4.79 Å². The SMILES string of the molecule is C[NH+](C)/C=C/C(=CC(=O)C(F)(F)F)Nc1ccccn1. The molecule has 1 heterocycles. The predicted octanol–water partition coefficient (Wildman–Crippen LogP) is 1.17. The molecule has 0 saturated carbocycles. The normalized spacial score (nSPS) is 13.0. The molecule has 0 atom stereocenters. The number of quaternary nitrogens is 1. The topological polar surface area (TPSA) is 46.4 Å². The molecule has 0 aliphatic carbocycles. The number of hydrogen-bond acceptors (Lipinski definition) is 3. The van der Waals surface area contributed by atoms with Crippen LogP contribution in [0.3, 0.4) is 0 Å². The Kier molecular flexibility index (Phi) is 5.45. The summed E-state index contributed by atoms with van der Waals surface area (Å²) in [5.41, 5.74) is 0.0206. The average Bonchev–Trinajstić information content (AvgIpc) is 2.36. The molecule has 0 amide bonds. The van der Waals surface area contributed by atoms with Crippen LogP contribution in [-0.4, -0.2) is 31.0 Å². The quantitative estimate of drug-likeness (QED) is 0.631. The zero-order valence-corrected chi connectivity index (χ0v) is 11.0. The van der Waals surface area contributed by atoms with Crippen LogP contribution in [0, 0.1) is 0 Å². The summed E-state index contributed by atoms with van der Waals surface area (Å²) in [6.07, 6.45) is 0.107. The van der Waals surface area contributed by atoms with Gasteiger partial charge >= 0.3 is 6.18 Å². The third-order valence-corrected chi connectivity index (χ3v) is 2.10. The maximum Gasteiger partial charge on any atom is 0.454 e. The molecule has 0 aliphatic heterocycles. The number of hydrogen-bond donors (Lipinski definition) is 2. The summed E-state index contributed by atoms with van der Waals surface area (Å²) in [6, 6.07) is 4.94. The third kappa shape index (κ3) is 5.66. The second-order valence-electron chi connectivity index (χ2n) is 4.21. The van der Waals surface area contributed by atoms with E-state index in [0.29, 0.717) is 11.9 Å². The molecule has 0 aromatic carbocycles. The maximum absolute atomic E-state index is 12.3. The van der Waals surface area contributed by atoms with Gasteiger partial charge in [-0.25, -0.2) is 4.98 Å². The lowest BCUT2D eigenvalue weighted by Gasteiger charge is -2.07. The van der Waals surface area contributed by atoms with Crippen molar-refractivity contribution < 1.29 is 22.9 Å². The summed E-state index contributed by atoms with van der Waals surface area (Å²) in [4.78, 5) is 15.8. The molecule has 1 aromatic rings. The number of nitrogens with one attached hydrogen (secondary N) is 2. The number of ketones is 1. The number of carbonyl (C=O) groups is 1. The zero-order valence-electron chi connectivity index (χ0n) is 11.0. The minimum Gasteiger partial charge on any atom is -0.340 e. The largest absolute Gasteiger partial charge is 0.454 e. The van der Waals surface area contributed by atoms with Crippen LogP contribution in [0.5, 0.6) is 0 Å². The highest BCUT2D eigenvalue weighted by Crippen LogP contribution is 2.18. The van der Waals surface area contributed by atoms with Gasteiger partial charge in [-0.2, -0.15) is 13.2 Å². The van der Waals surface area contributed by atoms with E-state index in [4.69, 9.17) is 0 Å². The first-order chi connectivity index (χ1) is 9.29. The summed E-state index contributed by atoms with van der Waals surface area (Å²) >= 11 is 0. The molecule has 0 aliphatic rings. The fraction of sp³-hybridized carbons (Fsp3) is 0.231. The maximum atomic E-state index is 12.3. The highest BCUT2D eigenvalue weighted by atomic mass is 19.4. The van der Waals surface area contributed by atoms with Crippen molar-refractivity contribution >= 4 is 11.6 Å². The lowest BCUT2D eigenvalue weighted by atomic mass is 10.2. The molecule has 4 nitrogen and oxygen atoms in total. The monoisotopic (exact) mass is 286 g/mol. The van der Waals surface area contributed by atoms with Gasteiger partial charge in [0, 0.05) is 24.0 Å².